The van der Waals surface area contributed by atoms with Crippen molar-refractivity contribution in [1.29, 1.82) is 0 Å². The van der Waals surface area contributed by atoms with E-state index in [9.17, 15) is 0 Å². The van der Waals surface area contributed by atoms with Crippen LogP contribution in [0, 0.1) is 0 Å². The molecular weight excluding hydrogens is 288 g/mol. The molecule has 0 atom stereocenters. The highest BCUT2D eigenvalue weighted by molar-refractivity contribution is 6.31. The van der Waals surface area contributed by atoms with Gasteiger partial charge in [0.1, 0.15) is 0 Å². The minimum atomic E-state index is -0.153. The van der Waals surface area contributed by atoms with Gasteiger partial charge in [-0.05, 0) is 24.3 Å². The number of hydrogen-bond donors (Lipinski definition) is 1. The van der Waals surface area contributed by atoms with Crippen LogP contribution in [0.1, 0.15) is 12.8 Å². The highest BCUT2D eigenvalue weighted by Gasteiger charge is 2.32. The molecule has 5 heteroatoms. The van der Waals surface area contributed by atoms with Gasteiger partial charge >= 0.3 is 0 Å². The zero-order chi connectivity index (χ0) is 14.7. The maximum absolute atomic E-state index is 6.02. The van der Waals surface area contributed by atoms with Crippen molar-refractivity contribution in [2.75, 3.05) is 32.2 Å². The number of halogens is 1. The maximum atomic E-state index is 6.02. The van der Waals surface area contributed by atoms with Gasteiger partial charge in [0.15, 0.2) is 0 Å². The maximum Gasteiger partial charge on any atom is 0.0893 e. The monoisotopic (exact) mass is 306 g/mol. The quantitative estimate of drug-likeness (QED) is 0.939. The molecule has 0 aliphatic carbocycles. The number of fused-ring (bicyclic) bond motifs is 1. The molecule has 21 heavy (non-hydrogen) atoms. The Balaban J connectivity index is 1.81. The van der Waals surface area contributed by atoms with E-state index in [1.807, 2.05) is 24.3 Å². The van der Waals surface area contributed by atoms with Gasteiger partial charge in [0.05, 0.1) is 11.1 Å². The minimum absolute atomic E-state index is 0.153. The summed E-state index contributed by atoms with van der Waals surface area (Å²) in [4.78, 5) is 4.36. The second kappa shape index (κ2) is 6.18. The summed E-state index contributed by atoms with van der Waals surface area (Å²) < 4.78 is 11.2. The summed E-state index contributed by atoms with van der Waals surface area (Å²) in [5, 5.41) is 5.27. The number of aromatic nitrogens is 1. The van der Waals surface area contributed by atoms with Crippen LogP contribution in [-0.4, -0.2) is 37.5 Å². The van der Waals surface area contributed by atoms with Crippen LogP contribution in [-0.2, 0) is 9.47 Å². The van der Waals surface area contributed by atoms with E-state index in [0.29, 0.717) is 5.02 Å². The van der Waals surface area contributed by atoms with E-state index in [2.05, 4.69) is 10.3 Å². The van der Waals surface area contributed by atoms with Gasteiger partial charge in [0.25, 0.3) is 0 Å². The standard InChI is InChI=1S/C16H19ClN2O2/c1-20-16(5-8-21-9-6-16)11-19-14-4-7-18-15-10-12(17)2-3-13(14)15/h2-4,7,10H,5-6,8-9,11H2,1H3,(H,18,19). The Morgan fingerprint density at radius 1 is 1.33 bits per heavy atom. The molecule has 1 saturated heterocycles. The minimum Gasteiger partial charge on any atom is -0.382 e. The van der Waals surface area contributed by atoms with Crippen molar-refractivity contribution in [2.45, 2.75) is 18.4 Å². The van der Waals surface area contributed by atoms with Crippen molar-refractivity contribution in [3.8, 4) is 0 Å². The number of rotatable bonds is 4. The van der Waals surface area contributed by atoms with Gasteiger partial charge < -0.3 is 14.8 Å². The summed E-state index contributed by atoms with van der Waals surface area (Å²) in [6.07, 6.45) is 3.61. The lowest BCUT2D eigenvalue weighted by Gasteiger charge is -2.36. The first-order chi connectivity index (χ1) is 10.2. The predicted molar refractivity (Wildman–Crippen MR) is 85.0 cm³/mol. The Kier molecular flexibility index (Phi) is 4.29. The summed E-state index contributed by atoms with van der Waals surface area (Å²) in [5.41, 5.74) is 1.80. The molecule has 1 aromatic heterocycles. The third-order valence-corrected chi connectivity index (χ3v) is 4.38. The van der Waals surface area contributed by atoms with Crippen molar-refractivity contribution in [3.63, 3.8) is 0 Å². The molecule has 4 nitrogen and oxygen atoms in total. The van der Waals surface area contributed by atoms with Gasteiger partial charge in [0, 0.05) is 62.0 Å². The van der Waals surface area contributed by atoms with Crippen LogP contribution in [0.4, 0.5) is 5.69 Å². The molecule has 0 bridgehead atoms. The molecule has 1 aromatic carbocycles. The predicted octanol–water partition coefficient (Wildman–Crippen LogP) is 3.50. The highest BCUT2D eigenvalue weighted by atomic mass is 35.5. The third-order valence-electron chi connectivity index (χ3n) is 4.14. The Hall–Kier alpha value is -1.36. The molecule has 1 N–H and O–H groups in total. The largest absolute Gasteiger partial charge is 0.382 e. The van der Waals surface area contributed by atoms with Crippen LogP contribution in [0.15, 0.2) is 30.5 Å². The van der Waals surface area contributed by atoms with Crippen molar-refractivity contribution >= 4 is 28.2 Å². The summed E-state index contributed by atoms with van der Waals surface area (Å²) in [5.74, 6) is 0. The fourth-order valence-corrected chi connectivity index (χ4v) is 2.89. The van der Waals surface area contributed by atoms with Crippen LogP contribution in [0.5, 0.6) is 0 Å². The van der Waals surface area contributed by atoms with E-state index < -0.39 is 0 Å². The van der Waals surface area contributed by atoms with Gasteiger partial charge in [-0.25, -0.2) is 0 Å². The fourth-order valence-electron chi connectivity index (χ4n) is 2.73. The van der Waals surface area contributed by atoms with Crippen LogP contribution in [0.25, 0.3) is 10.9 Å². The molecule has 3 rings (SSSR count). The van der Waals surface area contributed by atoms with Gasteiger partial charge in [-0.3, -0.25) is 4.98 Å². The number of anilines is 1. The van der Waals surface area contributed by atoms with Crippen LogP contribution < -0.4 is 5.32 Å². The molecular formula is C16H19ClN2O2. The van der Waals surface area contributed by atoms with E-state index in [1.165, 1.54) is 0 Å². The summed E-state index contributed by atoms with van der Waals surface area (Å²) in [7, 11) is 1.78. The average molecular weight is 307 g/mol. The Labute approximate surface area is 129 Å². The molecule has 2 heterocycles. The Morgan fingerprint density at radius 2 is 2.14 bits per heavy atom. The van der Waals surface area contributed by atoms with Crippen LogP contribution in [0.3, 0.4) is 0 Å². The molecule has 1 aliphatic heterocycles. The lowest BCUT2D eigenvalue weighted by atomic mass is 9.94. The molecule has 112 valence electrons. The number of methoxy groups -OCH3 is 1. The van der Waals surface area contributed by atoms with Gasteiger partial charge in [-0.1, -0.05) is 11.6 Å². The van der Waals surface area contributed by atoms with E-state index in [0.717, 1.165) is 49.2 Å². The Morgan fingerprint density at radius 3 is 2.90 bits per heavy atom. The van der Waals surface area contributed by atoms with Crippen molar-refractivity contribution in [2.24, 2.45) is 0 Å². The average Bonchev–Trinajstić information content (AvgIpc) is 2.53. The second-order valence-electron chi connectivity index (χ2n) is 5.37. The number of nitrogens with zero attached hydrogens (tertiary/aromatic N) is 1. The zero-order valence-corrected chi connectivity index (χ0v) is 12.8. The van der Waals surface area contributed by atoms with E-state index >= 15 is 0 Å². The second-order valence-corrected chi connectivity index (χ2v) is 5.81. The van der Waals surface area contributed by atoms with Crippen LogP contribution in [0.2, 0.25) is 5.02 Å². The molecule has 2 aromatic rings. The number of hydrogen-bond acceptors (Lipinski definition) is 4. The molecule has 1 aliphatic rings. The summed E-state index contributed by atoms with van der Waals surface area (Å²) >= 11 is 6.02. The van der Waals surface area contributed by atoms with Gasteiger partial charge in [-0.2, -0.15) is 0 Å². The van der Waals surface area contributed by atoms with Crippen molar-refractivity contribution in [1.82, 2.24) is 4.98 Å². The van der Waals surface area contributed by atoms with Crippen molar-refractivity contribution in [3.05, 3.63) is 35.5 Å². The number of benzene rings is 1. The van der Waals surface area contributed by atoms with Crippen molar-refractivity contribution < 1.29 is 9.47 Å². The number of ether oxygens (including phenoxy) is 2. The molecule has 0 radical (unpaired) electrons. The molecule has 0 saturated carbocycles. The first-order valence-electron chi connectivity index (χ1n) is 7.13. The summed E-state index contributed by atoms with van der Waals surface area (Å²) in [6.45, 7) is 2.26. The third kappa shape index (κ3) is 3.12. The molecule has 0 spiro atoms. The normalized spacial score (nSPS) is 17.8. The molecule has 1 fully saturated rings. The van der Waals surface area contributed by atoms with Gasteiger partial charge in [-0.15, -0.1) is 0 Å². The first-order valence-corrected chi connectivity index (χ1v) is 7.51. The highest BCUT2D eigenvalue weighted by Crippen LogP contribution is 2.28. The Bertz CT molecular complexity index is 627. The zero-order valence-electron chi connectivity index (χ0n) is 12.1. The molecule has 0 amide bonds. The molecule has 0 unspecified atom stereocenters. The van der Waals surface area contributed by atoms with E-state index in [1.54, 1.807) is 13.3 Å². The summed E-state index contributed by atoms with van der Waals surface area (Å²) in [6, 6.07) is 7.75. The van der Waals surface area contributed by atoms with Gasteiger partial charge in [0.2, 0.25) is 0 Å². The SMILES string of the molecule is COC1(CNc2ccnc3cc(Cl)ccc23)CCOCC1. The lowest BCUT2D eigenvalue weighted by Crippen LogP contribution is -2.44. The number of nitrogens with one attached hydrogen (secondary N) is 1. The number of pyridine rings is 1. The van der Waals surface area contributed by atoms with E-state index in [-0.39, 0.29) is 5.60 Å². The fraction of sp³-hybridized carbons (Fsp3) is 0.438. The van der Waals surface area contributed by atoms with Crippen LogP contribution >= 0.6 is 11.6 Å². The lowest BCUT2D eigenvalue weighted by molar-refractivity contribution is -0.0807. The first kappa shape index (κ1) is 14.6. The topological polar surface area (TPSA) is 43.4 Å². The smallest absolute Gasteiger partial charge is 0.0893 e. The van der Waals surface area contributed by atoms with E-state index in [4.69, 9.17) is 21.1 Å².